The summed E-state index contributed by atoms with van der Waals surface area (Å²) in [6, 6.07) is 16.3. The van der Waals surface area contributed by atoms with Crippen molar-refractivity contribution in [2.45, 2.75) is 25.8 Å². The standard InChI is InChI=1S/C18H21NO2/c1-2-19-17-9-6-12-20-18-11-10-15(13-16(17)18)21-14-7-4-3-5-8-14/h3-5,7-8,10-11,13,17,19H,2,6,9,12H2,1H3. The van der Waals surface area contributed by atoms with E-state index >= 15 is 0 Å². The first-order valence-corrected chi connectivity index (χ1v) is 7.60. The number of rotatable bonds is 4. The largest absolute Gasteiger partial charge is 0.493 e. The average Bonchev–Trinajstić information content (AvgIpc) is 2.71. The Balaban J connectivity index is 1.87. The van der Waals surface area contributed by atoms with Gasteiger partial charge in [-0.15, -0.1) is 0 Å². The predicted octanol–water partition coefficient (Wildman–Crippen LogP) is 4.30. The summed E-state index contributed by atoms with van der Waals surface area (Å²) >= 11 is 0. The van der Waals surface area contributed by atoms with E-state index in [4.69, 9.17) is 9.47 Å². The molecule has 0 saturated heterocycles. The van der Waals surface area contributed by atoms with Gasteiger partial charge in [-0.05, 0) is 49.7 Å². The Labute approximate surface area is 125 Å². The van der Waals surface area contributed by atoms with E-state index in [0.717, 1.165) is 43.2 Å². The zero-order chi connectivity index (χ0) is 14.5. The van der Waals surface area contributed by atoms with Crippen LogP contribution in [-0.4, -0.2) is 13.2 Å². The third-order valence-electron chi connectivity index (χ3n) is 3.68. The number of hydrogen-bond acceptors (Lipinski definition) is 3. The van der Waals surface area contributed by atoms with Crippen LogP contribution in [0.2, 0.25) is 0 Å². The van der Waals surface area contributed by atoms with Gasteiger partial charge in [0.1, 0.15) is 17.2 Å². The maximum absolute atomic E-state index is 5.93. The second-order valence-corrected chi connectivity index (χ2v) is 5.22. The summed E-state index contributed by atoms with van der Waals surface area (Å²) in [6.07, 6.45) is 2.16. The lowest BCUT2D eigenvalue weighted by Crippen LogP contribution is -2.20. The molecule has 1 aliphatic rings. The molecule has 3 nitrogen and oxygen atoms in total. The summed E-state index contributed by atoms with van der Waals surface area (Å²) in [5.74, 6) is 2.68. The number of para-hydroxylation sites is 1. The van der Waals surface area contributed by atoms with Crippen LogP contribution in [0.5, 0.6) is 17.2 Å². The van der Waals surface area contributed by atoms with Crippen molar-refractivity contribution >= 4 is 0 Å². The van der Waals surface area contributed by atoms with Crippen LogP contribution in [0.3, 0.4) is 0 Å². The van der Waals surface area contributed by atoms with Crippen molar-refractivity contribution in [2.24, 2.45) is 0 Å². The fraction of sp³-hybridized carbons (Fsp3) is 0.333. The summed E-state index contributed by atoms with van der Waals surface area (Å²) in [5, 5.41) is 3.54. The minimum atomic E-state index is 0.340. The third-order valence-corrected chi connectivity index (χ3v) is 3.68. The van der Waals surface area contributed by atoms with Crippen LogP contribution in [0.25, 0.3) is 0 Å². The molecule has 3 heteroatoms. The first kappa shape index (κ1) is 14.0. The van der Waals surface area contributed by atoms with E-state index in [1.54, 1.807) is 0 Å². The second kappa shape index (κ2) is 6.64. The lowest BCUT2D eigenvalue weighted by molar-refractivity contribution is 0.315. The van der Waals surface area contributed by atoms with Gasteiger partial charge in [-0.3, -0.25) is 0 Å². The van der Waals surface area contributed by atoms with Crippen molar-refractivity contribution < 1.29 is 9.47 Å². The van der Waals surface area contributed by atoms with Crippen LogP contribution in [0.4, 0.5) is 0 Å². The molecule has 0 amide bonds. The zero-order valence-electron chi connectivity index (χ0n) is 12.3. The molecule has 1 atom stereocenters. The quantitative estimate of drug-likeness (QED) is 0.907. The van der Waals surface area contributed by atoms with Gasteiger partial charge >= 0.3 is 0 Å². The van der Waals surface area contributed by atoms with Crippen LogP contribution in [-0.2, 0) is 0 Å². The third kappa shape index (κ3) is 3.37. The SMILES string of the molecule is CCNC1CCCOc2ccc(Oc3ccccc3)cc21. The summed E-state index contributed by atoms with van der Waals surface area (Å²) < 4.78 is 11.8. The highest BCUT2D eigenvalue weighted by atomic mass is 16.5. The molecule has 3 rings (SSSR count). The van der Waals surface area contributed by atoms with Crippen LogP contribution < -0.4 is 14.8 Å². The van der Waals surface area contributed by atoms with Crippen molar-refractivity contribution in [2.75, 3.05) is 13.2 Å². The van der Waals surface area contributed by atoms with Crippen LogP contribution >= 0.6 is 0 Å². The Morgan fingerprint density at radius 3 is 2.81 bits per heavy atom. The van der Waals surface area contributed by atoms with E-state index in [9.17, 15) is 0 Å². The van der Waals surface area contributed by atoms with Gasteiger partial charge in [-0.2, -0.15) is 0 Å². The van der Waals surface area contributed by atoms with E-state index in [-0.39, 0.29) is 0 Å². The second-order valence-electron chi connectivity index (χ2n) is 5.22. The lowest BCUT2D eigenvalue weighted by Gasteiger charge is -2.18. The fourth-order valence-corrected chi connectivity index (χ4v) is 2.70. The Morgan fingerprint density at radius 1 is 1.14 bits per heavy atom. The Bertz CT molecular complexity index is 583. The van der Waals surface area contributed by atoms with Gasteiger partial charge < -0.3 is 14.8 Å². The summed E-state index contributed by atoms with van der Waals surface area (Å²) in [4.78, 5) is 0. The lowest BCUT2D eigenvalue weighted by atomic mass is 10.0. The van der Waals surface area contributed by atoms with Crippen molar-refractivity contribution in [3.63, 3.8) is 0 Å². The highest BCUT2D eigenvalue weighted by molar-refractivity contribution is 5.44. The highest BCUT2D eigenvalue weighted by Gasteiger charge is 2.19. The minimum absolute atomic E-state index is 0.340. The molecule has 0 aliphatic carbocycles. The normalized spacial score (nSPS) is 17.5. The molecule has 0 fully saturated rings. The number of ether oxygens (including phenoxy) is 2. The molecule has 21 heavy (non-hydrogen) atoms. The summed E-state index contributed by atoms with van der Waals surface area (Å²) in [6.45, 7) is 3.87. The Hall–Kier alpha value is -2.00. The van der Waals surface area contributed by atoms with Crippen molar-refractivity contribution in [1.29, 1.82) is 0 Å². The molecule has 110 valence electrons. The van der Waals surface area contributed by atoms with E-state index in [2.05, 4.69) is 18.3 Å². The first-order chi connectivity index (χ1) is 10.4. The number of hydrogen-bond donors (Lipinski definition) is 1. The molecule has 0 spiro atoms. The molecule has 1 aliphatic heterocycles. The Morgan fingerprint density at radius 2 is 2.00 bits per heavy atom. The fourth-order valence-electron chi connectivity index (χ4n) is 2.70. The molecule has 0 saturated carbocycles. The van der Waals surface area contributed by atoms with E-state index in [1.807, 2.05) is 42.5 Å². The van der Waals surface area contributed by atoms with Gasteiger partial charge in [0.2, 0.25) is 0 Å². The molecule has 1 N–H and O–H groups in total. The first-order valence-electron chi connectivity index (χ1n) is 7.60. The van der Waals surface area contributed by atoms with Crippen LogP contribution in [0.1, 0.15) is 31.4 Å². The van der Waals surface area contributed by atoms with E-state index in [1.165, 1.54) is 5.56 Å². The van der Waals surface area contributed by atoms with Crippen molar-refractivity contribution in [1.82, 2.24) is 5.32 Å². The van der Waals surface area contributed by atoms with Gasteiger partial charge in [0.15, 0.2) is 0 Å². The topological polar surface area (TPSA) is 30.5 Å². The monoisotopic (exact) mass is 283 g/mol. The van der Waals surface area contributed by atoms with Crippen LogP contribution in [0.15, 0.2) is 48.5 Å². The Kier molecular flexibility index (Phi) is 4.41. The van der Waals surface area contributed by atoms with Crippen molar-refractivity contribution in [3.05, 3.63) is 54.1 Å². The molecule has 0 radical (unpaired) electrons. The maximum atomic E-state index is 5.93. The zero-order valence-corrected chi connectivity index (χ0v) is 12.3. The van der Waals surface area contributed by atoms with Crippen LogP contribution in [0, 0.1) is 0 Å². The van der Waals surface area contributed by atoms with Gasteiger partial charge in [0.25, 0.3) is 0 Å². The molecule has 1 heterocycles. The summed E-state index contributed by atoms with van der Waals surface area (Å²) in [5.41, 5.74) is 1.20. The average molecular weight is 283 g/mol. The molecule has 0 aromatic heterocycles. The van der Waals surface area contributed by atoms with E-state index in [0.29, 0.717) is 6.04 Å². The highest BCUT2D eigenvalue weighted by Crippen LogP contribution is 2.35. The maximum Gasteiger partial charge on any atom is 0.128 e. The van der Waals surface area contributed by atoms with Gasteiger partial charge in [-0.1, -0.05) is 25.1 Å². The van der Waals surface area contributed by atoms with Gasteiger partial charge in [-0.25, -0.2) is 0 Å². The van der Waals surface area contributed by atoms with Gasteiger partial charge in [0, 0.05) is 11.6 Å². The smallest absolute Gasteiger partial charge is 0.128 e. The molecular weight excluding hydrogens is 262 g/mol. The van der Waals surface area contributed by atoms with Crippen molar-refractivity contribution in [3.8, 4) is 17.2 Å². The molecular formula is C18H21NO2. The number of benzene rings is 2. The molecule has 2 aromatic carbocycles. The van der Waals surface area contributed by atoms with E-state index < -0.39 is 0 Å². The van der Waals surface area contributed by atoms with Gasteiger partial charge in [0.05, 0.1) is 6.61 Å². The summed E-state index contributed by atoms with van der Waals surface area (Å²) in [7, 11) is 0. The minimum Gasteiger partial charge on any atom is -0.493 e. The predicted molar refractivity (Wildman–Crippen MR) is 84.1 cm³/mol. The number of fused-ring (bicyclic) bond motifs is 1. The molecule has 2 aromatic rings. The molecule has 1 unspecified atom stereocenters. The number of nitrogens with one attached hydrogen (secondary N) is 1. The molecule has 0 bridgehead atoms.